The second-order valence-electron chi connectivity index (χ2n) is 5.27. The Hall–Kier alpha value is -2.19. The molecule has 1 heterocycles. The third kappa shape index (κ3) is 3.77. The molecular weight excluding hydrogens is 318 g/mol. The Kier molecular flexibility index (Phi) is 4.86. The molecule has 1 aromatic heterocycles. The van der Waals surface area contributed by atoms with E-state index in [0.29, 0.717) is 17.8 Å². The molecule has 0 radical (unpaired) electrons. The molecule has 0 saturated carbocycles. The number of carboxylic acid groups (broad SMARTS) is 1. The zero-order chi connectivity index (χ0) is 17.2. The first kappa shape index (κ1) is 17.2. The summed E-state index contributed by atoms with van der Waals surface area (Å²) in [4.78, 5) is 11.0. The summed E-state index contributed by atoms with van der Waals surface area (Å²) in [6, 6.07) is 6.36. The Morgan fingerprint density at radius 1 is 1.26 bits per heavy atom. The van der Waals surface area contributed by atoms with Crippen LogP contribution < -0.4 is 4.72 Å². The molecule has 0 aliphatic carbocycles. The topological polar surface area (TPSA) is 101 Å². The molecule has 0 saturated heterocycles. The van der Waals surface area contributed by atoms with Crippen LogP contribution in [0.5, 0.6) is 0 Å². The second-order valence-corrected chi connectivity index (χ2v) is 6.98. The number of nitrogens with one attached hydrogen (secondary N) is 1. The van der Waals surface area contributed by atoms with Crippen LogP contribution in [0.1, 0.15) is 27.3 Å². The first-order valence-electron chi connectivity index (χ1n) is 7.04. The van der Waals surface area contributed by atoms with E-state index in [1.807, 2.05) is 0 Å². The van der Waals surface area contributed by atoms with Gasteiger partial charge in [0.1, 0.15) is 4.90 Å². The third-order valence-corrected chi connectivity index (χ3v) is 5.33. The van der Waals surface area contributed by atoms with E-state index in [1.54, 1.807) is 33.0 Å². The quantitative estimate of drug-likeness (QED) is 0.826. The Morgan fingerprint density at radius 2 is 1.87 bits per heavy atom. The lowest BCUT2D eigenvalue weighted by Crippen LogP contribution is -2.27. The van der Waals surface area contributed by atoms with E-state index >= 15 is 0 Å². The van der Waals surface area contributed by atoms with Gasteiger partial charge in [0.15, 0.2) is 0 Å². The van der Waals surface area contributed by atoms with E-state index in [0.717, 1.165) is 5.56 Å². The van der Waals surface area contributed by atoms with Crippen molar-refractivity contribution in [1.82, 2.24) is 14.5 Å². The van der Waals surface area contributed by atoms with Crippen LogP contribution in [0.3, 0.4) is 0 Å². The number of aromatic carboxylic acids is 1. The van der Waals surface area contributed by atoms with Crippen molar-refractivity contribution in [3.63, 3.8) is 0 Å². The highest BCUT2D eigenvalue weighted by Crippen LogP contribution is 2.18. The predicted molar refractivity (Wildman–Crippen MR) is 85.0 cm³/mol. The molecular formula is C15H19N3O4S. The first-order valence-corrected chi connectivity index (χ1v) is 8.53. The third-order valence-electron chi connectivity index (χ3n) is 3.62. The second kappa shape index (κ2) is 6.51. The summed E-state index contributed by atoms with van der Waals surface area (Å²) >= 11 is 0. The number of aromatic nitrogens is 2. The number of nitrogens with zero attached hydrogens (tertiary/aromatic N) is 2. The summed E-state index contributed by atoms with van der Waals surface area (Å²) in [5, 5.41) is 13.0. The molecule has 0 spiro atoms. The number of carbonyl (C=O) groups is 1. The van der Waals surface area contributed by atoms with Crippen LogP contribution in [0, 0.1) is 13.8 Å². The van der Waals surface area contributed by atoms with Gasteiger partial charge in [-0.05, 0) is 38.0 Å². The smallest absolute Gasteiger partial charge is 0.335 e. The summed E-state index contributed by atoms with van der Waals surface area (Å²) in [6.07, 6.45) is 0.470. The minimum Gasteiger partial charge on any atom is -0.478 e. The van der Waals surface area contributed by atoms with E-state index in [9.17, 15) is 13.2 Å². The van der Waals surface area contributed by atoms with Gasteiger partial charge in [0, 0.05) is 13.6 Å². The van der Waals surface area contributed by atoms with Crippen LogP contribution in [0.15, 0.2) is 29.2 Å². The summed E-state index contributed by atoms with van der Waals surface area (Å²) < 4.78 is 28.9. The predicted octanol–water partition coefficient (Wildman–Crippen LogP) is 1.26. The average Bonchev–Trinajstić information content (AvgIpc) is 2.73. The summed E-state index contributed by atoms with van der Waals surface area (Å²) in [7, 11) is -1.92. The number of aryl methyl sites for hydroxylation is 2. The number of hydrogen-bond donors (Lipinski definition) is 2. The highest BCUT2D eigenvalue weighted by atomic mass is 32.2. The van der Waals surface area contributed by atoms with Crippen molar-refractivity contribution in [2.24, 2.45) is 7.05 Å². The van der Waals surface area contributed by atoms with Gasteiger partial charge in [-0.25, -0.2) is 17.9 Å². The van der Waals surface area contributed by atoms with Crippen LogP contribution in [-0.4, -0.2) is 35.8 Å². The molecule has 0 bridgehead atoms. The Balaban J connectivity index is 2.04. The Morgan fingerprint density at radius 3 is 2.35 bits per heavy atom. The lowest BCUT2D eigenvalue weighted by Gasteiger charge is -2.07. The number of hydrogen-bond acceptors (Lipinski definition) is 4. The summed E-state index contributed by atoms with van der Waals surface area (Å²) in [6.45, 7) is 3.59. The number of benzene rings is 1. The zero-order valence-corrected chi connectivity index (χ0v) is 14.0. The molecule has 2 aromatic rings. The molecule has 1 aromatic carbocycles. The standard InChI is InChI=1S/C15H19N3O4S/c1-10-14(11(2)18(3)17-10)23(21,22)16-9-8-12-4-6-13(7-5-12)15(19)20/h4-7,16H,8-9H2,1-3H3,(H,19,20). The molecule has 23 heavy (non-hydrogen) atoms. The Labute approximate surface area is 135 Å². The largest absolute Gasteiger partial charge is 0.478 e. The lowest BCUT2D eigenvalue weighted by molar-refractivity contribution is 0.0697. The van der Waals surface area contributed by atoms with Gasteiger partial charge in [0.25, 0.3) is 0 Å². The molecule has 7 nitrogen and oxygen atoms in total. The van der Waals surface area contributed by atoms with E-state index in [4.69, 9.17) is 5.11 Å². The monoisotopic (exact) mass is 337 g/mol. The molecule has 8 heteroatoms. The summed E-state index contributed by atoms with van der Waals surface area (Å²) in [5.41, 5.74) is 2.11. The Bertz CT molecular complexity index is 823. The van der Waals surface area contributed by atoms with Crippen molar-refractivity contribution in [3.8, 4) is 0 Å². The highest BCUT2D eigenvalue weighted by molar-refractivity contribution is 7.89. The van der Waals surface area contributed by atoms with Gasteiger partial charge in [-0.2, -0.15) is 5.10 Å². The van der Waals surface area contributed by atoms with Crippen LogP contribution in [-0.2, 0) is 23.5 Å². The zero-order valence-electron chi connectivity index (χ0n) is 13.2. The average molecular weight is 337 g/mol. The maximum atomic E-state index is 12.4. The molecule has 0 unspecified atom stereocenters. The maximum Gasteiger partial charge on any atom is 0.335 e. The summed E-state index contributed by atoms with van der Waals surface area (Å²) in [5.74, 6) is -0.986. The van der Waals surface area contributed by atoms with Crippen LogP contribution >= 0.6 is 0 Å². The van der Waals surface area contributed by atoms with Gasteiger partial charge < -0.3 is 5.11 Å². The van der Waals surface area contributed by atoms with Crippen LogP contribution in [0.2, 0.25) is 0 Å². The number of rotatable bonds is 6. The van der Waals surface area contributed by atoms with Crippen molar-refractivity contribution in [1.29, 1.82) is 0 Å². The van der Waals surface area contributed by atoms with Crippen LogP contribution in [0.4, 0.5) is 0 Å². The van der Waals surface area contributed by atoms with Crippen molar-refractivity contribution >= 4 is 16.0 Å². The maximum absolute atomic E-state index is 12.4. The fourth-order valence-corrected chi connectivity index (χ4v) is 3.82. The number of carboxylic acids is 1. The van der Waals surface area contributed by atoms with Gasteiger partial charge in [0.05, 0.1) is 17.0 Å². The minimum absolute atomic E-state index is 0.205. The molecule has 0 aliphatic rings. The van der Waals surface area contributed by atoms with Crippen molar-refractivity contribution in [2.45, 2.75) is 25.2 Å². The lowest BCUT2D eigenvalue weighted by atomic mass is 10.1. The molecule has 0 atom stereocenters. The number of sulfonamides is 1. The molecule has 0 amide bonds. The fraction of sp³-hybridized carbons (Fsp3) is 0.333. The van der Waals surface area contributed by atoms with Gasteiger partial charge in [0.2, 0.25) is 10.0 Å². The SMILES string of the molecule is Cc1nn(C)c(C)c1S(=O)(=O)NCCc1ccc(C(=O)O)cc1. The van der Waals surface area contributed by atoms with Crippen molar-refractivity contribution < 1.29 is 18.3 Å². The van der Waals surface area contributed by atoms with E-state index < -0.39 is 16.0 Å². The van der Waals surface area contributed by atoms with Crippen molar-refractivity contribution in [2.75, 3.05) is 6.54 Å². The van der Waals surface area contributed by atoms with E-state index in [2.05, 4.69) is 9.82 Å². The minimum atomic E-state index is -3.62. The molecule has 0 aliphatic heterocycles. The molecule has 0 fully saturated rings. The van der Waals surface area contributed by atoms with Gasteiger partial charge in [-0.15, -0.1) is 0 Å². The van der Waals surface area contributed by atoms with E-state index in [-0.39, 0.29) is 17.0 Å². The molecule has 124 valence electrons. The fourth-order valence-electron chi connectivity index (χ4n) is 2.36. The first-order chi connectivity index (χ1) is 10.7. The van der Waals surface area contributed by atoms with Crippen LogP contribution in [0.25, 0.3) is 0 Å². The van der Waals surface area contributed by atoms with E-state index in [1.165, 1.54) is 16.8 Å². The van der Waals surface area contributed by atoms with Gasteiger partial charge >= 0.3 is 5.97 Å². The van der Waals surface area contributed by atoms with Crippen molar-refractivity contribution in [3.05, 3.63) is 46.8 Å². The van der Waals surface area contributed by atoms with Gasteiger partial charge in [-0.1, -0.05) is 12.1 Å². The highest BCUT2D eigenvalue weighted by Gasteiger charge is 2.23. The molecule has 2 rings (SSSR count). The normalized spacial score (nSPS) is 11.6. The van der Waals surface area contributed by atoms with Gasteiger partial charge in [-0.3, -0.25) is 4.68 Å². The molecule has 2 N–H and O–H groups in total.